The van der Waals surface area contributed by atoms with Gasteiger partial charge < -0.3 is 8.39 Å². The third-order valence-corrected chi connectivity index (χ3v) is 10.1. The third-order valence-electron chi connectivity index (χ3n) is 8.43. The number of fused-ring (bicyclic) bond motifs is 7. The summed E-state index contributed by atoms with van der Waals surface area (Å²) in [7, 11) is -1.68. The lowest BCUT2D eigenvalue weighted by molar-refractivity contribution is 0.591. The van der Waals surface area contributed by atoms with E-state index in [1.807, 2.05) is 48.5 Å². The first-order valence-electron chi connectivity index (χ1n) is 14.1. The van der Waals surface area contributed by atoms with Crippen LogP contribution in [0.5, 0.6) is 0 Å². The Hall–Kier alpha value is -4.44. The molecule has 0 spiro atoms. The number of hydrogen-bond donors (Lipinski definition) is 0. The molecule has 6 aromatic carbocycles. The van der Waals surface area contributed by atoms with Gasteiger partial charge in [-0.25, -0.2) is 8.78 Å². The van der Waals surface area contributed by atoms with Gasteiger partial charge in [0.25, 0.3) is 0 Å². The van der Waals surface area contributed by atoms with Crippen LogP contribution >= 0.6 is 8.16 Å². The Morgan fingerprint density at radius 2 is 0.952 bits per heavy atom. The van der Waals surface area contributed by atoms with E-state index in [0.29, 0.717) is 0 Å². The minimum atomic E-state index is -1.68. The van der Waals surface area contributed by atoms with Gasteiger partial charge in [0.15, 0.2) is 0 Å². The molecule has 2 heterocycles. The first-order valence-corrected chi connectivity index (χ1v) is 15.3. The predicted molar refractivity (Wildman–Crippen MR) is 167 cm³/mol. The van der Waals surface area contributed by atoms with Gasteiger partial charge in [-0.2, -0.15) is 4.67 Å². The summed E-state index contributed by atoms with van der Waals surface area (Å²) < 4.78 is 44.1. The van der Waals surface area contributed by atoms with Gasteiger partial charge in [-0.15, -0.1) is 0 Å². The van der Waals surface area contributed by atoms with Crippen molar-refractivity contribution in [1.82, 2.24) is 0 Å². The Kier molecular flexibility index (Phi) is 6.10. The molecule has 1 aliphatic heterocycles. The summed E-state index contributed by atoms with van der Waals surface area (Å²) in [6.07, 6.45) is 1.66. The van der Waals surface area contributed by atoms with Crippen LogP contribution in [0, 0.1) is 11.6 Å². The molecule has 0 aliphatic carbocycles. The summed E-state index contributed by atoms with van der Waals surface area (Å²) in [5.41, 5.74) is 3.52. The molecule has 0 N–H and O–H groups in total. The van der Waals surface area contributed by atoms with Gasteiger partial charge in [0, 0.05) is 22.9 Å². The summed E-state index contributed by atoms with van der Waals surface area (Å²) in [6.45, 7) is 0. The third kappa shape index (κ3) is 4.20. The number of benzene rings is 6. The zero-order valence-corrected chi connectivity index (χ0v) is 23.5. The lowest BCUT2D eigenvalue weighted by Crippen LogP contribution is -2.23. The number of nitrogens with zero attached hydrogens (tertiary/aromatic N) is 1. The van der Waals surface area contributed by atoms with E-state index in [2.05, 4.69) is 53.2 Å². The average molecular weight is 574 g/mol. The zero-order chi connectivity index (χ0) is 28.2. The smallest absolute Gasteiger partial charge is 0.310 e. The molecule has 1 saturated heterocycles. The van der Waals surface area contributed by atoms with E-state index in [4.69, 9.17) is 8.39 Å². The summed E-state index contributed by atoms with van der Waals surface area (Å²) in [4.78, 5) is 0. The van der Waals surface area contributed by atoms with Gasteiger partial charge in [-0.05, 0) is 81.9 Å². The van der Waals surface area contributed by atoms with Crippen molar-refractivity contribution in [1.29, 1.82) is 0 Å². The molecule has 206 valence electrons. The van der Waals surface area contributed by atoms with E-state index >= 15 is 0 Å². The predicted octanol–water partition coefficient (Wildman–Crippen LogP) is 11.1. The monoisotopic (exact) mass is 573 g/mol. The van der Waals surface area contributed by atoms with Gasteiger partial charge in [0.05, 0.1) is 0 Å². The van der Waals surface area contributed by atoms with Gasteiger partial charge in [-0.3, -0.25) is 0 Å². The lowest BCUT2D eigenvalue weighted by Gasteiger charge is -2.27. The second-order valence-electron chi connectivity index (χ2n) is 10.8. The van der Waals surface area contributed by atoms with Crippen molar-refractivity contribution in [3.8, 4) is 0 Å². The fourth-order valence-corrected chi connectivity index (χ4v) is 8.31. The van der Waals surface area contributed by atoms with Crippen LogP contribution in [0.1, 0.15) is 36.1 Å². The molecule has 0 radical (unpaired) electrons. The quantitative estimate of drug-likeness (QED) is 0.211. The van der Waals surface area contributed by atoms with E-state index in [0.717, 1.165) is 67.5 Å². The van der Waals surface area contributed by atoms with Crippen molar-refractivity contribution in [2.24, 2.45) is 0 Å². The number of halogens is 2. The largest absolute Gasteiger partial charge is 0.408 e. The maximum absolute atomic E-state index is 14.0. The van der Waals surface area contributed by atoms with Crippen molar-refractivity contribution in [2.45, 2.75) is 24.9 Å². The molecule has 0 bridgehead atoms. The van der Waals surface area contributed by atoms with E-state index in [1.54, 1.807) is 0 Å². The van der Waals surface area contributed by atoms with E-state index in [-0.39, 0.29) is 23.7 Å². The van der Waals surface area contributed by atoms with Gasteiger partial charge in [0.1, 0.15) is 22.8 Å². The molecule has 1 fully saturated rings. The highest BCUT2D eigenvalue weighted by molar-refractivity contribution is 7.39. The molecule has 42 heavy (non-hydrogen) atoms. The highest BCUT2D eigenvalue weighted by Gasteiger charge is 2.39. The van der Waals surface area contributed by atoms with E-state index in [9.17, 15) is 8.78 Å². The summed E-state index contributed by atoms with van der Waals surface area (Å²) in [5.74, 6) is -0.541. The second-order valence-corrected chi connectivity index (χ2v) is 12.1. The lowest BCUT2D eigenvalue weighted by atomic mass is 9.99. The Balaban J connectivity index is 1.46. The Morgan fingerprint density at radius 1 is 0.524 bits per heavy atom. The molecule has 6 heteroatoms. The van der Waals surface area contributed by atoms with E-state index in [1.165, 1.54) is 24.3 Å². The van der Waals surface area contributed by atoms with Crippen molar-refractivity contribution >= 4 is 51.6 Å². The molecule has 1 aromatic heterocycles. The van der Waals surface area contributed by atoms with E-state index < -0.39 is 8.16 Å². The molecular formula is C36H26F2NO2P. The van der Waals surface area contributed by atoms with Crippen LogP contribution in [0.25, 0.3) is 43.5 Å². The maximum Gasteiger partial charge on any atom is 0.310 e. The topological polar surface area (TPSA) is 29.5 Å². The molecule has 3 nitrogen and oxygen atoms in total. The van der Waals surface area contributed by atoms with Crippen LogP contribution in [0.3, 0.4) is 0 Å². The molecule has 0 unspecified atom stereocenters. The Morgan fingerprint density at radius 3 is 1.40 bits per heavy atom. The standard InChI is InChI=1S/C36H26F2NO2P/c37-27-15-9-25(10-16-27)31-19-20-32(26-11-17-28(38)18-12-26)39(31)42-40-33-21-13-23-5-1-3-7-29(23)35(33)36-30-8-4-2-6-24(30)14-22-34(36)41-42/h1-18,21-22,31-32H,19-20H2/t31-,32-/m0/s1. The van der Waals surface area contributed by atoms with Crippen LogP contribution in [0.2, 0.25) is 0 Å². The van der Waals surface area contributed by atoms with Crippen molar-refractivity contribution in [3.63, 3.8) is 0 Å². The molecule has 1 aliphatic rings. The minimum Gasteiger partial charge on any atom is -0.408 e. The fourth-order valence-electron chi connectivity index (χ4n) is 6.49. The molecule has 0 saturated carbocycles. The summed E-state index contributed by atoms with van der Waals surface area (Å²) in [5, 5.41) is 6.47. The summed E-state index contributed by atoms with van der Waals surface area (Å²) >= 11 is 0. The summed E-state index contributed by atoms with van der Waals surface area (Å²) in [6, 6.07) is 38.2. The van der Waals surface area contributed by atoms with Crippen LogP contribution in [-0.2, 0) is 0 Å². The highest BCUT2D eigenvalue weighted by Crippen LogP contribution is 2.53. The molecule has 8 rings (SSSR count). The number of rotatable bonds is 3. The van der Waals surface area contributed by atoms with Crippen molar-refractivity contribution in [2.75, 3.05) is 4.67 Å². The molecular weight excluding hydrogens is 547 g/mol. The van der Waals surface area contributed by atoms with Crippen LogP contribution < -0.4 is 4.67 Å². The normalized spacial score (nSPS) is 17.5. The minimum absolute atomic E-state index is 0.0716. The SMILES string of the molecule is Fc1ccc([C@@H]2CC[C@@H](c3ccc(F)cc3)N2p2oc3ccc4ccccc4c3c3c(ccc4ccccc43)o2)cc1. The number of hydrogen-bond acceptors (Lipinski definition) is 3. The van der Waals surface area contributed by atoms with Crippen molar-refractivity contribution < 1.29 is 17.2 Å². The maximum atomic E-state index is 14.0. The fraction of sp³-hybridized carbons (Fsp3) is 0.111. The van der Waals surface area contributed by atoms with Gasteiger partial charge >= 0.3 is 8.16 Å². The average Bonchev–Trinajstić information content (AvgIpc) is 3.38. The van der Waals surface area contributed by atoms with Gasteiger partial charge in [0.2, 0.25) is 0 Å². The van der Waals surface area contributed by atoms with Crippen LogP contribution in [0.15, 0.2) is 130 Å². The second kappa shape index (κ2) is 10.1. The highest BCUT2D eigenvalue weighted by atomic mass is 31.1. The molecule has 7 aromatic rings. The Bertz CT molecular complexity index is 1990. The van der Waals surface area contributed by atoms with Crippen LogP contribution in [-0.4, -0.2) is 0 Å². The zero-order valence-electron chi connectivity index (χ0n) is 22.6. The first kappa shape index (κ1) is 25.3. The Labute approximate surface area is 242 Å². The van der Waals surface area contributed by atoms with Gasteiger partial charge in [-0.1, -0.05) is 84.9 Å². The molecule has 0 amide bonds. The van der Waals surface area contributed by atoms with Crippen molar-refractivity contribution in [3.05, 3.63) is 144 Å². The van der Waals surface area contributed by atoms with Crippen LogP contribution in [0.4, 0.5) is 8.78 Å². The first-order chi connectivity index (χ1) is 20.6. The molecule has 2 atom stereocenters.